The monoisotopic (exact) mass is 319 g/mol. The second-order valence-corrected chi connectivity index (χ2v) is 7.34. The Hall–Kier alpha value is -1.69. The van der Waals surface area contributed by atoms with E-state index in [9.17, 15) is 14.4 Å². The minimum absolute atomic E-state index is 0.00718. The van der Waals surface area contributed by atoms with Crippen molar-refractivity contribution in [1.29, 1.82) is 0 Å². The highest BCUT2D eigenvalue weighted by atomic mass is 16.2. The molecule has 0 aliphatic carbocycles. The van der Waals surface area contributed by atoms with Crippen molar-refractivity contribution in [3.8, 4) is 0 Å². The van der Waals surface area contributed by atoms with E-state index in [1.54, 1.807) is 0 Å². The van der Waals surface area contributed by atoms with Crippen LogP contribution in [-0.4, -0.2) is 53.7 Å². The van der Waals surface area contributed by atoms with Crippen LogP contribution >= 0.6 is 0 Å². The second-order valence-electron chi connectivity index (χ2n) is 7.34. The van der Waals surface area contributed by atoms with E-state index in [-0.39, 0.29) is 23.8 Å². The molecule has 2 saturated heterocycles. The lowest BCUT2D eigenvalue weighted by Gasteiger charge is -2.44. The summed E-state index contributed by atoms with van der Waals surface area (Å²) >= 11 is 0. The average Bonchev–Trinajstić information content (AvgIpc) is 2.80. The Morgan fingerprint density at radius 1 is 1.13 bits per heavy atom. The highest BCUT2D eigenvalue weighted by Crippen LogP contribution is 2.34. The maximum absolute atomic E-state index is 12.9. The fourth-order valence-electron chi connectivity index (χ4n) is 4.50. The molecule has 23 heavy (non-hydrogen) atoms. The molecule has 2 fully saturated rings. The molecule has 1 N–H and O–H groups in total. The van der Waals surface area contributed by atoms with Gasteiger partial charge in [-0.05, 0) is 25.3 Å². The van der Waals surface area contributed by atoms with Gasteiger partial charge in [0.15, 0.2) is 0 Å². The summed E-state index contributed by atoms with van der Waals surface area (Å²) in [5.74, 6) is -0.616. The molecule has 126 valence electrons. The summed E-state index contributed by atoms with van der Waals surface area (Å²) in [6.07, 6.45) is 4.48. The van der Waals surface area contributed by atoms with Gasteiger partial charge in [-0.25, -0.2) is 0 Å². The van der Waals surface area contributed by atoms with Crippen LogP contribution in [0.2, 0.25) is 0 Å². The van der Waals surface area contributed by atoms with Crippen molar-refractivity contribution in [2.45, 2.75) is 32.7 Å². The molecule has 0 spiro atoms. The molecule has 0 aromatic heterocycles. The third-order valence-electron chi connectivity index (χ3n) is 5.40. The molecule has 3 rings (SSSR count). The fraction of sp³-hybridized carbons (Fsp3) is 0.706. The molecule has 3 aliphatic rings. The van der Waals surface area contributed by atoms with Crippen LogP contribution in [0.15, 0.2) is 12.3 Å². The van der Waals surface area contributed by atoms with Crippen molar-refractivity contribution in [3.63, 3.8) is 0 Å². The Kier molecular flexibility index (Phi) is 4.27. The van der Waals surface area contributed by atoms with Gasteiger partial charge in [0.25, 0.3) is 0 Å². The van der Waals surface area contributed by atoms with Crippen molar-refractivity contribution >= 4 is 17.7 Å². The van der Waals surface area contributed by atoms with E-state index in [2.05, 4.69) is 31.1 Å². The van der Waals surface area contributed by atoms with E-state index >= 15 is 0 Å². The number of nitrogens with zero attached hydrogens (tertiary/aromatic N) is 2. The van der Waals surface area contributed by atoms with Gasteiger partial charge in [-0.15, -0.1) is 0 Å². The molecule has 3 amide bonds. The van der Waals surface area contributed by atoms with E-state index in [1.807, 2.05) is 17.2 Å². The van der Waals surface area contributed by atoms with Gasteiger partial charge in [0, 0.05) is 31.8 Å². The third kappa shape index (κ3) is 2.92. The first-order chi connectivity index (χ1) is 10.9. The van der Waals surface area contributed by atoms with E-state index in [1.165, 1.54) is 0 Å². The molecule has 0 aromatic carbocycles. The average molecular weight is 319 g/mol. The normalized spacial score (nSPS) is 39.0. The summed E-state index contributed by atoms with van der Waals surface area (Å²) < 4.78 is 0. The van der Waals surface area contributed by atoms with E-state index in [4.69, 9.17) is 0 Å². The number of hydrogen-bond acceptors (Lipinski definition) is 4. The van der Waals surface area contributed by atoms with Crippen molar-refractivity contribution in [3.05, 3.63) is 12.3 Å². The number of piperidine rings is 2. The molecule has 6 heteroatoms. The van der Waals surface area contributed by atoms with Gasteiger partial charge in [0.1, 0.15) is 0 Å². The minimum Gasteiger partial charge on any atom is -0.315 e. The van der Waals surface area contributed by atoms with Crippen LogP contribution in [-0.2, 0) is 14.4 Å². The summed E-state index contributed by atoms with van der Waals surface area (Å²) in [5, 5.41) is 2.36. The molecule has 0 aromatic rings. The lowest BCUT2D eigenvalue weighted by molar-refractivity contribution is -0.144. The zero-order valence-electron chi connectivity index (χ0n) is 14.0. The first-order valence-electron chi connectivity index (χ1n) is 8.41. The van der Waals surface area contributed by atoms with Crippen LogP contribution in [0.4, 0.5) is 0 Å². The Morgan fingerprint density at radius 3 is 2.39 bits per heavy atom. The Morgan fingerprint density at radius 2 is 1.78 bits per heavy atom. The molecule has 3 unspecified atom stereocenters. The predicted molar refractivity (Wildman–Crippen MR) is 85.0 cm³/mol. The molecule has 5 atom stereocenters. The maximum atomic E-state index is 12.9. The van der Waals surface area contributed by atoms with Crippen LogP contribution in [0.1, 0.15) is 26.7 Å². The lowest BCUT2D eigenvalue weighted by atomic mass is 9.83. The highest BCUT2D eigenvalue weighted by molar-refractivity contribution is 6.01. The quantitative estimate of drug-likeness (QED) is 0.757. The van der Waals surface area contributed by atoms with Crippen molar-refractivity contribution in [1.82, 2.24) is 15.1 Å². The molecule has 0 saturated carbocycles. The van der Waals surface area contributed by atoms with E-state index in [0.717, 1.165) is 13.1 Å². The predicted octanol–water partition coefficient (Wildman–Crippen LogP) is 0.598. The topological polar surface area (TPSA) is 69.7 Å². The van der Waals surface area contributed by atoms with Gasteiger partial charge in [-0.3, -0.25) is 19.7 Å². The fourth-order valence-corrected chi connectivity index (χ4v) is 4.50. The number of hydrogen-bond donors (Lipinski definition) is 1. The summed E-state index contributed by atoms with van der Waals surface area (Å²) in [6.45, 7) is 6.29. The van der Waals surface area contributed by atoms with Gasteiger partial charge in [-0.1, -0.05) is 19.9 Å². The van der Waals surface area contributed by atoms with Gasteiger partial charge >= 0.3 is 0 Å². The van der Waals surface area contributed by atoms with E-state index in [0.29, 0.717) is 24.7 Å². The smallest absolute Gasteiger partial charge is 0.234 e. The zero-order chi connectivity index (χ0) is 16.7. The number of likely N-dealkylation sites (tertiary alicyclic amines) is 1. The van der Waals surface area contributed by atoms with Gasteiger partial charge in [-0.2, -0.15) is 0 Å². The number of amides is 3. The molecule has 3 aliphatic heterocycles. The highest BCUT2D eigenvalue weighted by Gasteiger charge is 2.44. The molecule has 3 heterocycles. The maximum Gasteiger partial charge on any atom is 0.234 e. The second kappa shape index (κ2) is 6.07. The van der Waals surface area contributed by atoms with E-state index < -0.39 is 11.8 Å². The lowest BCUT2D eigenvalue weighted by Crippen LogP contribution is -2.54. The largest absolute Gasteiger partial charge is 0.315 e. The molecule has 0 radical (unpaired) electrons. The summed E-state index contributed by atoms with van der Waals surface area (Å²) in [6, 6.07) is 0.174. The summed E-state index contributed by atoms with van der Waals surface area (Å²) in [5.41, 5.74) is 0. The van der Waals surface area contributed by atoms with Crippen molar-refractivity contribution in [2.24, 2.45) is 23.7 Å². The zero-order valence-corrected chi connectivity index (χ0v) is 14.0. The number of carbonyl (C=O) groups is 3. The molecule has 6 nitrogen and oxygen atoms in total. The number of rotatable bonds is 2. The van der Waals surface area contributed by atoms with Crippen molar-refractivity contribution < 1.29 is 14.4 Å². The summed E-state index contributed by atoms with van der Waals surface area (Å²) in [7, 11) is 2.11. The van der Waals surface area contributed by atoms with Gasteiger partial charge in [0.2, 0.25) is 17.7 Å². The summed E-state index contributed by atoms with van der Waals surface area (Å²) in [4.78, 5) is 40.4. The number of carbonyl (C=O) groups excluding carboxylic acids is 3. The van der Waals surface area contributed by atoms with Crippen molar-refractivity contribution in [2.75, 3.05) is 20.1 Å². The van der Waals surface area contributed by atoms with Crippen LogP contribution in [0.3, 0.4) is 0 Å². The van der Waals surface area contributed by atoms with Crippen LogP contribution in [0.5, 0.6) is 0 Å². The van der Waals surface area contributed by atoms with Crippen LogP contribution in [0.25, 0.3) is 0 Å². The Bertz CT molecular complexity index is 547. The molecule has 0 bridgehead atoms. The first kappa shape index (κ1) is 16.2. The van der Waals surface area contributed by atoms with Gasteiger partial charge < -0.3 is 9.80 Å². The van der Waals surface area contributed by atoms with Crippen LogP contribution in [0, 0.1) is 23.7 Å². The number of imide groups is 1. The minimum atomic E-state index is -0.429. The number of nitrogens with one attached hydrogen (secondary N) is 1. The molecular formula is C17H25N3O3. The first-order valence-corrected chi connectivity index (χ1v) is 8.41. The Balaban J connectivity index is 1.73. The van der Waals surface area contributed by atoms with Crippen LogP contribution < -0.4 is 5.32 Å². The molecular weight excluding hydrogens is 294 g/mol. The standard InChI is InChI=1S/C17H25N3O3/c1-10-8-19(3)9-11(2)15(10)20-7-6-13(17(20)23)12-4-5-14(21)18-16(12)22/h6-7,10-13,15H,4-5,8-9H2,1-3H3,(H,18,21,22)/t10-,11+,12?,13?,15?. The SMILES string of the molecule is C[C@@H]1CN(C)C[C@H](C)C1N1C=CC(C2CCC(=O)NC2=O)C1=O. The van der Waals surface area contributed by atoms with Gasteiger partial charge in [0.05, 0.1) is 11.8 Å². The third-order valence-corrected chi connectivity index (χ3v) is 5.40. The Labute approximate surface area is 136 Å².